The topological polar surface area (TPSA) is 70.7 Å². The van der Waals surface area contributed by atoms with Crippen LogP contribution in [-0.2, 0) is 5.75 Å². The van der Waals surface area contributed by atoms with Gasteiger partial charge in [0.2, 0.25) is 0 Å². The number of thioether (sulfide) groups is 1. The third kappa shape index (κ3) is 4.38. The summed E-state index contributed by atoms with van der Waals surface area (Å²) < 4.78 is 0. The zero-order chi connectivity index (χ0) is 14.4. The minimum atomic E-state index is -0.114. The Balaban J connectivity index is 1.95. The van der Waals surface area contributed by atoms with Gasteiger partial charge in [-0.05, 0) is 25.0 Å². The van der Waals surface area contributed by atoms with Crippen LogP contribution in [0.3, 0.4) is 0 Å². The SMILES string of the molecule is CCCNc1ccc(CSc2nc(C)cc(=O)[nH]2)cn1. The molecule has 2 heterocycles. The summed E-state index contributed by atoms with van der Waals surface area (Å²) in [5.41, 5.74) is 1.71. The standard InChI is InChI=1S/C14H18N4OS/c1-3-6-15-12-5-4-11(8-16-12)9-20-14-17-10(2)7-13(19)18-14/h4-5,7-8H,3,6,9H2,1-2H3,(H,15,16)(H,17,18,19). The summed E-state index contributed by atoms with van der Waals surface area (Å²) in [4.78, 5) is 22.7. The molecule has 0 spiro atoms. The van der Waals surface area contributed by atoms with Crippen LogP contribution in [0.2, 0.25) is 0 Å². The smallest absolute Gasteiger partial charge is 0.251 e. The second kappa shape index (κ2) is 7.09. The number of aromatic amines is 1. The number of hydrogen-bond donors (Lipinski definition) is 2. The van der Waals surface area contributed by atoms with E-state index in [0.717, 1.165) is 35.8 Å². The Kier molecular flexibility index (Phi) is 5.17. The molecular formula is C14H18N4OS. The predicted molar refractivity (Wildman–Crippen MR) is 82.2 cm³/mol. The molecule has 0 radical (unpaired) electrons. The lowest BCUT2D eigenvalue weighted by molar-refractivity contribution is 0.905. The number of H-pyrrole nitrogens is 1. The molecule has 0 unspecified atom stereocenters. The van der Waals surface area contributed by atoms with Crippen molar-refractivity contribution in [3.63, 3.8) is 0 Å². The van der Waals surface area contributed by atoms with E-state index in [2.05, 4.69) is 27.2 Å². The van der Waals surface area contributed by atoms with Gasteiger partial charge in [-0.2, -0.15) is 0 Å². The Bertz CT molecular complexity index is 609. The van der Waals surface area contributed by atoms with Crippen LogP contribution in [0.1, 0.15) is 24.6 Å². The van der Waals surface area contributed by atoms with E-state index in [0.29, 0.717) is 5.16 Å². The Labute approximate surface area is 122 Å². The maximum Gasteiger partial charge on any atom is 0.251 e. The highest BCUT2D eigenvalue weighted by Gasteiger charge is 2.01. The Hall–Kier alpha value is -1.82. The van der Waals surface area contributed by atoms with Gasteiger partial charge in [-0.25, -0.2) is 9.97 Å². The van der Waals surface area contributed by atoms with Crippen molar-refractivity contribution in [2.45, 2.75) is 31.2 Å². The molecule has 0 amide bonds. The lowest BCUT2D eigenvalue weighted by Gasteiger charge is -2.05. The fraction of sp³-hybridized carbons (Fsp3) is 0.357. The predicted octanol–water partition coefficient (Wildman–Crippen LogP) is 2.59. The Morgan fingerprint density at radius 3 is 2.90 bits per heavy atom. The van der Waals surface area contributed by atoms with Crippen LogP contribution >= 0.6 is 11.8 Å². The zero-order valence-corrected chi connectivity index (χ0v) is 12.5. The molecule has 5 nitrogen and oxygen atoms in total. The minimum Gasteiger partial charge on any atom is -0.370 e. The van der Waals surface area contributed by atoms with Gasteiger partial charge in [0.1, 0.15) is 5.82 Å². The van der Waals surface area contributed by atoms with Gasteiger partial charge in [-0.1, -0.05) is 24.8 Å². The summed E-state index contributed by atoms with van der Waals surface area (Å²) in [5, 5.41) is 3.87. The molecule has 2 rings (SSSR count). The van der Waals surface area contributed by atoms with E-state index in [4.69, 9.17) is 0 Å². The maximum atomic E-state index is 11.3. The van der Waals surface area contributed by atoms with Gasteiger partial charge in [0.25, 0.3) is 5.56 Å². The summed E-state index contributed by atoms with van der Waals surface area (Å²) >= 11 is 1.50. The first-order valence-corrected chi connectivity index (χ1v) is 7.55. The second-order valence-corrected chi connectivity index (χ2v) is 5.42. The Morgan fingerprint density at radius 1 is 1.40 bits per heavy atom. The van der Waals surface area contributed by atoms with Crippen LogP contribution in [0, 0.1) is 6.92 Å². The number of aryl methyl sites for hydroxylation is 1. The molecule has 0 aliphatic rings. The lowest BCUT2D eigenvalue weighted by Crippen LogP contribution is -2.08. The molecule has 0 aromatic carbocycles. The van der Waals surface area contributed by atoms with Crippen LogP contribution in [0.4, 0.5) is 5.82 Å². The highest BCUT2D eigenvalue weighted by molar-refractivity contribution is 7.98. The summed E-state index contributed by atoms with van der Waals surface area (Å²) in [6.45, 7) is 4.86. The fourth-order valence-corrected chi connectivity index (χ4v) is 2.49. The van der Waals surface area contributed by atoms with E-state index in [1.807, 2.05) is 25.3 Å². The summed E-state index contributed by atoms with van der Waals surface area (Å²) in [5.74, 6) is 1.62. The van der Waals surface area contributed by atoms with Gasteiger partial charge < -0.3 is 10.3 Å². The van der Waals surface area contributed by atoms with Gasteiger partial charge in [-0.3, -0.25) is 4.79 Å². The first kappa shape index (κ1) is 14.6. The number of anilines is 1. The molecule has 2 aromatic rings. The van der Waals surface area contributed by atoms with E-state index < -0.39 is 0 Å². The number of hydrogen-bond acceptors (Lipinski definition) is 5. The number of rotatable bonds is 6. The van der Waals surface area contributed by atoms with E-state index >= 15 is 0 Å². The molecule has 20 heavy (non-hydrogen) atoms. The van der Waals surface area contributed by atoms with Crippen molar-refractivity contribution in [3.8, 4) is 0 Å². The van der Waals surface area contributed by atoms with Crippen LogP contribution in [0.25, 0.3) is 0 Å². The zero-order valence-electron chi connectivity index (χ0n) is 11.6. The van der Waals surface area contributed by atoms with Gasteiger partial charge in [0, 0.05) is 30.3 Å². The molecule has 0 aliphatic heterocycles. The van der Waals surface area contributed by atoms with Crippen molar-refractivity contribution in [3.05, 3.63) is 46.0 Å². The monoisotopic (exact) mass is 290 g/mol. The molecule has 0 aliphatic carbocycles. The summed E-state index contributed by atoms with van der Waals surface area (Å²) in [7, 11) is 0. The van der Waals surface area contributed by atoms with Crippen molar-refractivity contribution in [1.29, 1.82) is 0 Å². The normalized spacial score (nSPS) is 10.5. The van der Waals surface area contributed by atoms with Crippen molar-refractivity contribution < 1.29 is 0 Å². The average Bonchev–Trinajstić information content (AvgIpc) is 2.43. The molecule has 6 heteroatoms. The molecule has 0 fully saturated rings. The molecule has 0 atom stereocenters. The molecule has 106 valence electrons. The molecule has 0 saturated heterocycles. The van der Waals surface area contributed by atoms with E-state index in [-0.39, 0.29) is 5.56 Å². The van der Waals surface area contributed by atoms with E-state index in [1.54, 1.807) is 0 Å². The number of aromatic nitrogens is 3. The lowest BCUT2D eigenvalue weighted by atomic mass is 10.3. The van der Waals surface area contributed by atoms with E-state index in [9.17, 15) is 4.79 Å². The van der Waals surface area contributed by atoms with Crippen LogP contribution < -0.4 is 10.9 Å². The number of pyridine rings is 1. The Morgan fingerprint density at radius 2 is 2.25 bits per heavy atom. The number of nitrogens with zero attached hydrogens (tertiary/aromatic N) is 2. The van der Waals surface area contributed by atoms with Gasteiger partial charge in [-0.15, -0.1) is 0 Å². The second-order valence-electron chi connectivity index (χ2n) is 4.46. The van der Waals surface area contributed by atoms with Gasteiger partial charge in [0.15, 0.2) is 5.16 Å². The molecular weight excluding hydrogens is 272 g/mol. The fourth-order valence-electron chi connectivity index (χ4n) is 1.64. The highest BCUT2D eigenvalue weighted by Crippen LogP contribution is 2.18. The summed E-state index contributed by atoms with van der Waals surface area (Å²) in [6, 6.07) is 5.49. The van der Waals surface area contributed by atoms with Crippen LogP contribution in [-0.4, -0.2) is 21.5 Å². The van der Waals surface area contributed by atoms with Crippen molar-refractivity contribution in [2.75, 3.05) is 11.9 Å². The quantitative estimate of drug-likeness (QED) is 0.632. The van der Waals surface area contributed by atoms with Crippen molar-refractivity contribution in [1.82, 2.24) is 15.0 Å². The van der Waals surface area contributed by atoms with Gasteiger partial charge >= 0.3 is 0 Å². The van der Waals surface area contributed by atoms with E-state index in [1.165, 1.54) is 17.8 Å². The van der Waals surface area contributed by atoms with Crippen molar-refractivity contribution >= 4 is 17.6 Å². The molecule has 0 bridgehead atoms. The highest BCUT2D eigenvalue weighted by atomic mass is 32.2. The van der Waals surface area contributed by atoms with Gasteiger partial charge in [0.05, 0.1) is 0 Å². The molecule has 2 N–H and O–H groups in total. The molecule has 0 saturated carbocycles. The third-order valence-corrected chi connectivity index (χ3v) is 3.55. The third-order valence-electron chi connectivity index (χ3n) is 2.60. The largest absolute Gasteiger partial charge is 0.370 e. The number of nitrogens with one attached hydrogen (secondary N) is 2. The summed E-state index contributed by atoms with van der Waals surface area (Å²) in [6.07, 6.45) is 2.92. The van der Waals surface area contributed by atoms with Crippen LogP contribution in [0.5, 0.6) is 0 Å². The average molecular weight is 290 g/mol. The van der Waals surface area contributed by atoms with Crippen molar-refractivity contribution in [2.24, 2.45) is 0 Å². The minimum absolute atomic E-state index is 0.114. The maximum absolute atomic E-state index is 11.3. The molecule has 2 aromatic heterocycles. The van der Waals surface area contributed by atoms with Crippen LogP contribution in [0.15, 0.2) is 34.3 Å². The first-order valence-electron chi connectivity index (χ1n) is 6.57. The first-order chi connectivity index (χ1) is 9.67.